The number of hydrogen-bond donors (Lipinski definition) is 1. The molecule has 0 unspecified atom stereocenters. The zero-order valence-corrected chi connectivity index (χ0v) is 16.5. The molecular weight excluding hydrogens is 388 g/mol. The van der Waals surface area contributed by atoms with Gasteiger partial charge in [0.1, 0.15) is 6.04 Å². The van der Waals surface area contributed by atoms with Crippen LogP contribution in [-0.4, -0.2) is 15.1 Å². The second-order valence-electron chi connectivity index (χ2n) is 6.63. The Kier molecular flexibility index (Phi) is 5.46. The molecule has 0 saturated carbocycles. The minimum Gasteiger partial charge on any atom is -0.415 e. The monoisotopic (exact) mass is 407 g/mol. The summed E-state index contributed by atoms with van der Waals surface area (Å²) in [4.78, 5) is 11.6. The van der Waals surface area contributed by atoms with Gasteiger partial charge in [0.25, 0.3) is 11.6 Å². The molecule has 0 spiro atoms. The van der Waals surface area contributed by atoms with E-state index in [1.54, 1.807) is 23.5 Å². The molecule has 146 valence electrons. The summed E-state index contributed by atoms with van der Waals surface area (Å²) in [5.41, 5.74) is 1.88. The summed E-state index contributed by atoms with van der Waals surface area (Å²) in [7, 11) is 0. The van der Waals surface area contributed by atoms with Crippen molar-refractivity contribution in [3.8, 4) is 11.5 Å². The van der Waals surface area contributed by atoms with Gasteiger partial charge < -0.3 is 9.73 Å². The maximum atomic E-state index is 10.8. The second-order valence-corrected chi connectivity index (χ2v) is 7.61. The molecule has 29 heavy (non-hydrogen) atoms. The number of nitrogens with two attached hydrogens (primary N) is 1. The normalized spacial score (nSPS) is 13.1. The van der Waals surface area contributed by atoms with Gasteiger partial charge in [-0.25, -0.2) is 0 Å². The van der Waals surface area contributed by atoms with Gasteiger partial charge in [-0.05, 0) is 30.5 Å². The highest BCUT2D eigenvalue weighted by atomic mass is 32.1. The number of hydrogen-bond acceptors (Lipinski definition) is 6. The summed E-state index contributed by atoms with van der Waals surface area (Å²) >= 11 is 1.72. The van der Waals surface area contributed by atoms with E-state index in [9.17, 15) is 10.1 Å². The van der Waals surface area contributed by atoms with Crippen LogP contribution < -0.4 is 5.32 Å². The van der Waals surface area contributed by atoms with Gasteiger partial charge in [-0.15, -0.1) is 21.5 Å². The maximum Gasteiger partial charge on any atom is 0.274 e. The number of quaternary nitrogens is 1. The van der Waals surface area contributed by atoms with Gasteiger partial charge in [0, 0.05) is 23.3 Å². The van der Waals surface area contributed by atoms with Crippen LogP contribution in [0.5, 0.6) is 0 Å². The highest BCUT2D eigenvalue weighted by molar-refractivity contribution is 7.10. The molecule has 0 fully saturated rings. The lowest BCUT2D eigenvalue weighted by molar-refractivity contribution is -0.725. The molecule has 8 heteroatoms. The molecule has 0 aliphatic carbocycles. The molecule has 2 aromatic heterocycles. The number of nitrogens with zero attached hydrogens (tertiary/aromatic N) is 3. The number of benzene rings is 2. The molecular formula is C21H19N4O3S+. The third-order valence-corrected chi connectivity index (χ3v) is 5.60. The Morgan fingerprint density at radius 2 is 1.79 bits per heavy atom. The van der Waals surface area contributed by atoms with Crippen molar-refractivity contribution in [1.82, 2.24) is 10.2 Å². The molecule has 2 atom stereocenters. The first kappa shape index (κ1) is 19.0. The predicted octanol–water partition coefficient (Wildman–Crippen LogP) is 4.12. The lowest BCUT2D eigenvalue weighted by atomic mass is 10.0. The molecule has 2 heterocycles. The number of aromatic nitrogens is 2. The van der Waals surface area contributed by atoms with Crippen molar-refractivity contribution < 1.29 is 14.7 Å². The molecule has 7 nitrogen and oxygen atoms in total. The number of non-ortho nitro benzene ring substituents is 1. The van der Waals surface area contributed by atoms with E-state index in [0.717, 1.165) is 0 Å². The first-order valence-corrected chi connectivity index (χ1v) is 10.0. The van der Waals surface area contributed by atoms with Crippen molar-refractivity contribution in [3.63, 3.8) is 0 Å². The van der Waals surface area contributed by atoms with Crippen LogP contribution in [-0.2, 0) is 0 Å². The van der Waals surface area contributed by atoms with Gasteiger partial charge in [-0.1, -0.05) is 36.4 Å². The number of nitro groups is 1. The summed E-state index contributed by atoms with van der Waals surface area (Å²) in [5, 5.41) is 23.4. The van der Waals surface area contributed by atoms with Crippen molar-refractivity contribution in [2.75, 3.05) is 0 Å². The average molecular weight is 407 g/mol. The van der Waals surface area contributed by atoms with E-state index in [2.05, 4.69) is 39.1 Å². The maximum absolute atomic E-state index is 10.8. The van der Waals surface area contributed by atoms with Gasteiger partial charge in [-0.3, -0.25) is 10.1 Å². The van der Waals surface area contributed by atoms with Crippen molar-refractivity contribution in [1.29, 1.82) is 0 Å². The van der Waals surface area contributed by atoms with Gasteiger partial charge in [-0.2, -0.15) is 0 Å². The summed E-state index contributed by atoms with van der Waals surface area (Å²) in [6.45, 7) is 2.02. The average Bonchev–Trinajstić information content (AvgIpc) is 3.45. The van der Waals surface area contributed by atoms with E-state index < -0.39 is 4.92 Å². The van der Waals surface area contributed by atoms with Crippen molar-refractivity contribution in [2.24, 2.45) is 0 Å². The summed E-state index contributed by atoms with van der Waals surface area (Å²) < 4.78 is 5.87. The predicted molar refractivity (Wildman–Crippen MR) is 109 cm³/mol. The van der Waals surface area contributed by atoms with Gasteiger partial charge >= 0.3 is 0 Å². The van der Waals surface area contributed by atoms with E-state index in [1.165, 1.54) is 22.6 Å². The molecule has 2 aromatic carbocycles. The molecule has 0 bridgehead atoms. The van der Waals surface area contributed by atoms with Crippen LogP contribution in [0.1, 0.15) is 35.3 Å². The first-order valence-electron chi connectivity index (χ1n) is 9.13. The van der Waals surface area contributed by atoms with E-state index in [-0.39, 0.29) is 17.8 Å². The number of thiophene rings is 1. The lowest BCUT2D eigenvalue weighted by Crippen LogP contribution is -2.85. The fourth-order valence-electron chi connectivity index (χ4n) is 3.13. The Bertz CT molecular complexity index is 1080. The Hall–Kier alpha value is -3.36. The standard InChI is InChI=1S/C21H18N4O3S/c1-14(22-19(18-8-5-13-29-18)15-6-3-2-4-7-15)20-23-24-21(28-20)16-9-11-17(12-10-16)25(26)27/h2-14,19,22H,1H3/p+1/t14-,19-/m0/s1. The Labute approximate surface area is 171 Å². The van der Waals surface area contributed by atoms with E-state index in [0.29, 0.717) is 17.3 Å². The topological polar surface area (TPSA) is 98.7 Å². The van der Waals surface area contributed by atoms with Gasteiger partial charge in [0.15, 0.2) is 6.04 Å². The van der Waals surface area contributed by atoms with Gasteiger partial charge in [0.05, 0.1) is 9.80 Å². The van der Waals surface area contributed by atoms with E-state index >= 15 is 0 Å². The second kappa shape index (κ2) is 8.34. The third kappa shape index (κ3) is 4.23. The largest absolute Gasteiger partial charge is 0.415 e. The first-order chi connectivity index (χ1) is 14.1. The minimum atomic E-state index is -0.436. The molecule has 0 saturated heterocycles. The molecule has 4 aromatic rings. The van der Waals surface area contributed by atoms with E-state index in [1.807, 2.05) is 31.2 Å². The van der Waals surface area contributed by atoms with Crippen LogP contribution in [0.3, 0.4) is 0 Å². The molecule has 0 amide bonds. The lowest BCUT2D eigenvalue weighted by Gasteiger charge is -2.17. The smallest absolute Gasteiger partial charge is 0.274 e. The molecule has 0 aliphatic rings. The van der Waals surface area contributed by atoms with Crippen LogP contribution >= 0.6 is 11.3 Å². The van der Waals surface area contributed by atoms with Crippen molar-refractivity contribution >= 4 is 17.0 Å². The van der Waals surface area contributed by atoms with Crippen LogP contribution in [0.25, 0.3) is 11.5 Å². The summed E-state index contributed by atoms with van der Waals surface area (Å²) in [5.74, 6) is 0.860. The Morgan fingerprint density at radius 3 is 2.45 bits per heavy atom. The zero-order valence-electron chi connectivity index (χ0n) is 15.6. The molecule has 0 aliphatic heterocycles. The van der Waals surface area contributed by atoms with Crippen LogP contribution in [0, 0.1) is 10.1 Å². The SMILES string of the molecule is C[C@H]([NH2+][C@@H](c1ccccc1)c1cccs1)c1nnc(-c2ccc([N+](=O)[O-])cc2)o1. The molecule has 2 N–H and O–H groups in total. The third-order valence-electron chi connectivity index (χ3n) is 4.64. The van der Waals surface area contributed by atoms with Crippen LogP contribution in [0.4, 0.5) is 5.69 Å². The Morgan fingerprint density at radius 1 is 1.03 bits per heavy atom. The summed E-state index contributed by atoms with van der Waals surface area (Å²) in [6.07, 6.45) is 0. The zero-order chi connectivity index (χ0) is 20.2. The van der Waals surface area contributed by atoms with E-state index in [4.69, 9.17) is 4.42 Å². The fraction of sp³-hybridized carbons (Fsp3) is 0.143. The van der Waals surface area contributed by atoms with Crippen LogP contribution in [0.2, 0.25) is 0 Å². The van der Waals surface area contributed by atoms with Crippen molar-refractivity contribution in [3.05, 3.63) is 98.6 Å². The molecule has 4 rings (SSSR count). The minimum absolute atomic E-state index is 0.0249. The van der Waals surface area contributed by atoms with Crippen LogP contribution in [0.15, 0.2) is 76.5 Å². The summed E-state index contributed by atoms with van der Waals surface area (Å²) in [6, 6.07) is 20.6. The Balaban J connectivity index is 1.55. The molecule has 0 radical (unpaired) electrons. The van der Waals surface area contributed by atoms with Crippen molar-refractivity contribution in [2.45, 2.75) is 19.0 Å². The highest BCUT2D eigenvalue weighted by Crippen LogP contribution is 2.25. The fourth-order valence-corrected chi connectivity index (χ4v) is 3.96. The quantitative estimate of drug-likeness (QED) is 0.367. The van der Waals surface area contributed by atoms with Gasteiger partial charge in [0.2, 0.25) is 5.89 Å². The number of rotatable bonds is 7. The number of nitro benzene ring substituents is 1. The highest BCUT2D eigenvalue weighted by Gasteiger charge is 2.25.